The fourth-order valence-electron chi connectivity index (χ4n) is 3.78. The van der Waals surface area contributed by atoms with Crippen LogP contribution >= 0.6 is 0 Å². The van der Waals surface area contributed by atoms with Crippen LogP contribution in [0.25, 0.3) is 0 Å². The van der Waals surface area contributed by atoms with Gasteiger partial charge in [-0.1, -0.05) is 30.3 Å². The highest BCUT2D eigenvalue weighted by molar-refractivity contribution is 5.98. The SMILES string of the molecule is Cc1nc(CC(=O)C[C@@H](c2ccccc2)C(C)(C)O)cc2c1C(OCCO)=NC2. The number of carbonyl (C=O) groups is 1. The molecule has 1 aliphatic heterocycles. The van der Waals surface area contributed by atoms with Gasteiger partial charge < -0.3 is 14.9 Å². The van der Waals surface area contributed by atoms with Gasteiger partial charge in [-0.3, -0.25) is 9.78 Å². The molecule has 2 N–H and O–H groups in total. The number of ether oxygens (including phenoxy) is 1. The van der Waals surface area contributed by atoms with Crippen molar-refractivity contribution in [2.24, 2.45) is 4.99 Å². The normalized spacial score (nSPS) is 14.3. The van der Waals surface area contributed by atoms with Gasteiger partial charge in [0, 0.05) is 24.5 Å². The average molecular weight is 396 g/mol. The van der Waals surface area contributed by atoms with Gasteiger partial charge in [-0.15, -0.1) is 0 Å². The second kappa shape index (κ2) is 8.84. The summed E-state index contributed by atoms with van der Waals surface area (Å²) in [6.45, 7) is 5.95. The maximum absolute atomic E-state index is 12.8. The third-order valence-electron chi connectivity index (χ3n) is 5.14. The van der Waals surface area contributed by atoms with E-state index in [9.17, 15) is 9.90 Å². The fraction of sp³-hybridized carbons (Fsp3) is 0.435. The predicted molar refractivity (Wildman–Crippen MR) is 111 cm³/mol. The Labute approximate surface area is 171 Å². The molecule has 29 heavy (non-hydrogen) atoms. The Morgan fingerprint density at radius 1 is 1.28 bits per heavy atom. The molecule has 6 nitrogen and oxygen atoms in total. The van der Waals surface area contributed by atoms with E-state index in [1.807, 2.05) is 43.3 Å². The van der Waals surface area contributed by atoms with Gasteiger partial charge >= 0.3 is 0 Å². The van der Waals surface area contributed by atoms with E-state index in [4.69, 9.17) is 9.84 Å². The van der Waals surface area contributed by atoms with Crippen molar-refractivity contribution < 1.29 is 19.7 Å². The monoisotopic (exact) mass is 396 g/mol. The average Bonchev–Trinajstić information content (AvgIpc) is 3.07. The van der Waals surface area contributed by atoms with Crippen LogP contribution in [0, 0.1) is 6.92 Å². The zero-order valence-electron chi connectivity index (χ0n) is 17.2. The number of rotatable bonds is 8. The summed E-state index contributed by atoms with van der Waals surface area (Å²) in [5.41, 5.74) is 3.24. The van der Waals surface area contributed by atoms with Crippen molar-refractivity contribution in [3.05, 3.63) is 64.5 Å². The van der Waals surface area contributed by atoms with Crippen LogP contribution in [0.4, 0.5) is 0 Å². The molecule has 0 fully saturated rings. The van der Waals surface area contributed by atoms with Crippen LogP contribution in [-0.4, -0.2) is 45.7 Å². The second-order valence-electron chi connectivity index (χ2n) is 7.96. The zero-order valence-corrected chi connectivity index (χ0v) is 17.2. The number of ketones is 1. The fourth-order valence-corrected chi connectivity index (χ4v) is 3.78. The largest absolute Gasteiger partial charge is 0.475 e. The van der Waals surface area contributed by atoms with Crippen molar-refractivity contribution in [1.29, 1.82) is 0 Å². The second-order valence-corrected chi connectivity index (χ2v) is 7.96. The van der Waals surface area contributed by atoms with Crippen LogP contribution < -0.4 is 0 Å². The molecule has 0 amide bonds. The lowest BCUT2D eigenvalue weighted by atomic mass is 9.80. The molecule has 0 saturated carbocycles. The molecule has 6 heteroatoms. The van der Waals surface area contributed by atoms with Gasteiger partial charge in [0.2, 0.25) is 5.90 Å². The molecule has 2 aromatic rings. The summed E-state index contributed by atoms with van der Waals surface area (Å²) >= 11 is 0. The van der Waals surface area contributed by atoms with E-state index >= 15 is 0 Å². The minimum atomic E-state index is -1.01. The van der Waals surface area contributed by atoms with Crippen molar-refractivity contribution in [2.45, 2.75) is 51.7 Å². The molecule has 1 atom stereocenters. The Morgan fingerprint density at radius 3 is 2.66 bits per heavy atom. The molecular weight excluding hydrogens is 368 g/mol. The Balaban J connectivity index is 1.74. The molecule has 1 aliphatic rings. The first kappa shape index (κ1) is 21.1. The third-order valence-corrected chi connectivity index (χ3v) is 5.14. The first-order valence-electron chi connectivity index (χ1n) is 9.86. The molecular formula is C23H28N2O4. The van der Waals surface area contributed by atoms with E-state index in [1.54, 1.807) is 13.8 Å². The van der Waals surface area contributed by atoms with Crippen LogP contribution in [0.15, 0.2) is 41.4 Å². The Hall–Kier alpha value is -2.57. The number of aliphatic hydroxyl groups is 2. The van der Waals surface area contributed by atoms with E-state index < -0.39 is 5.60 Å². The maximum Gasteiger partial charge on any atom is 0.218 e. The van der Waals surface area contributed by atoms with E-state index in [0.717, 1.165) is 22.4 Å². The van der Waals surface area contributed by atoms with Gasteiger partial charge in [-0.25, -0.2) is 4.99 Å². The molecule has 1 aromatic carbocycles. The van der Waals surface area contributed by atoms with Gasteiger partial charge in [0.05, 0.1) is 30.0 Å². The minimum absolute atomic E-state index is 0.0310. The lowest BCUT2D eigenvalue weighted by Crippen LogP contribution is -2.31. The number of carbonyl (C=O) groups excluding carboxylic acids is 1. The predicted octanol–water partition coefficient (Wildman–Crippen LogP) is 2.72. The highest BCUT2D eigenvalue weighted by Crippen LogP contribution is 2.32. The van der Waals surface area contributed by atoms with Crippen molar-refractivity contribution in [1.82, 2.24) is 4.98 Å². The van der Waals surface area contributed by atoms with Gasteiger partial charge in [0.1, 0.15) is 12.4 Å². The summed E-state index contributed by atoms with van der Waals surface area (Å²) in [6.07, 6.45) is 0.451. The summed E-state index contributed by atoms with van der Waals surface area (Å²) in [7, 11) is 0. The Kier molecular flexibility index (Phi) is 6.45. The van der Waals surface area contributed by atoms with Crippen molar-refractivity contribution in [3.8, 4) is 0 Å². The highest BCUT2D eigenvalue weighted by Gasteiger charge is 2.30. The maximum atomic E-state index is 12.8. The van der Waals surface area contributed by atoms with Gasteiger partial charge in [0.15, 0.2) is 0 Å². The van der Waals surface area contributed by atoms with Crippen molar-refractivity contribution in [3.63, 3.8) is 0 Å². The highest BCUT2D eigenvalue weighted by atomic mass is 16.5. The summed E-state index contributed by atoms with van der Waals surface area (Å²) < 4.78 is 5.48. The number of aromatic nitrogens is 1. The number of aliphatic imine (C=N–C) groups is 1. The molecule has 0 bridgehead atoms. The zero-order chi connectivity index (χ0) is 21.0. The van der Waals surface area contributed by atoms with E-state index in [-0.39, 0.29) is 37.8 Å². The quantitative estimate of drug-likeness (QED) is 0.716. The van der Waals surface area contributed by atoms with Crippen LogP contribution in [0.1, 0.15) is 54.3 Å². The molecule has 0 aliphatic carbocycles. The summed E-state index contributed by atoms with van der Waals surface area (Å²) in [6, 6.07) is 11.5. The standard InChI is InChI=1S/C23H28N2O4/c1-15-21-17(14-24-22(21)29-10-9-26)11-18(25-15)12-19(27)13-20(23(2,3)28)16-7-5-4-6-8-16/h4-8,11,20,26,28H,9-10,12-14H2,1-3H3/t20-/m0/s1. The van der Waals surface area contributed by atoms with E-state index in [2.05, 4.69) is 9.98 Å². The number of hydrogen-bond donors (Lipinski definition) is 2. The molecule has 3 rings (SSSR count). The molecule has 0 spiro atoms. The number of aryl methyl sites for hydroxylation is 1. The number of aliphatic hydroxyl groups excluding tert-OH is 1. The molecule has 0 saturated heterocycles. The van der Waals surface area contributed by atoms with Gasteiger partial charge in [0.25, 0.3) is 0 Å². The summed E-state index contributed by atoms with van der Waals surface area (Å²) in [5, 5.41) is 19.5. The first-order chi connectivity index (χ1) is 13.8. The van der Waals surface area contributed by atoms with Crippen molar-refractivity contribution in [2.75, 3.05) is 13.2 Å². The molecule has 2 heterocycles. The molecule has 0 radical (unpaired) electrons. The number of nitrogens with zero attached hydrogens (tertiary/aromatic N) is 2. The van der Waals surface area contributed by atoms with Crippen LogP contribution in [0.2, 0.25) is 0 Å². The Morgan fingerprint density at radius 2 is 2.00 bits per heavy atom. The van der Waals surface area contributed by atoms with Crippen LogP contribution in [-0.2, 0) is 22.5 Å². The minimum Gasteiger partial charge on any atom is -0.475 e. The molecule has 154 valence electrons. The number of benzene rings is 1. The third kappa shape index (κ3) is 5.08. The van der Waals surface area contributed by atoms with Gasteiger partial charge in [-0.2, -0.15) is 0 Å². The molecule has 0 unspecified atom stereocenters. The first-order valence-corrected chi connectivity index (χ1v) is 9.86. The summed E-state index contributed by atoms with van der Waals surface area (Å²) in [5.74, 6) is 0.250. The summed E-state index contributed by atoms with van der Waals surface area (Å²) in [4.78, 5) is 21.8. The lowest BCUT2D eigenvalue weighted by Gasteiger charge is -2.29. The van der Waals surface area contributed by atoms with Gasteiger partial charge in [-0.05, 0) is 38.0 Å². The number of fused-ring (bicyclic) bond motifs is 1. The van der Waals surface area contributed by atoms with Crippen LogP contribution in [0.3, 0.4) is 0 Å². The lowest BCUT2D eigenvalue weighted by molar-refractivity contribution is -0.120. The number of Topliss-reactive ketones (excluding diaryl/α,β-unsaturated/α-hetero) is 1. The number of hydrogen-bond acceptors (Lipinski definition) is 6. The van der Waals surface area contributed by atoms with E-state index in [1.165, 1.54) is 0 Å². The van der Waals surface area contributed by atoms with E-state index in [0.29, 0.717) is 18.1 Å². The number of pyridine rings is 1. The Bertz CT molecular complexity index is 901. The molecule has 1 aromatic heterocycles. The smallest absolute Gasteiger partial charge is 0.218 e. The van der Waals surface area contributed by atoms with Crippen molar-refractivity contribution >= 4 is 11.7 Å². The topological polar surface area (TPSA) is 92.0 Å². The van der Waals surface area contributed by atoms with Crippen LogP contribution in [0.5, 0.6) is 0 Å².